The molecule has 0 N–H and O–H groups in total. The highest BCUT2D eigenvalue weighted by molar-refractivity contribution is 5.42. The molecule has 1 aromatic rings. The van der Waals surface area contributed by atoms with E-state index in [1.807, 2.05) is 0 Å². The minimum Gasteiger partial charge on any atom is -0.496 e. The fourth-order valence-electron chi connectivity index (χ4n) is 1.23. The van der Waals surface area contributed by atoms with Crippen LogP contribution in [0.2, 0.25) is 0 Å². The second kappa shape index (κ2) is 3.67. The Labute approximate surface area is 82.9 Å². The quantitative estimate of drug-likeness (QED) is 0.723. The first-order valence-corrected chi connectivity index (χ1v) is 4.26. The van der Waals surface area contributed by atoms with Gasteiger partial charge in [0.1, 0.15) is 11.6 Å². The van der Waals surface area contributed by atoms with Gasteiger partial charge in [0.25, 0.3) is 0 Å². The van der Waals surface area contributed by atoms with Gasteiger partial charge in [-0.15, -0.1) is 0 Å². The molecule has 74 valence electrons. The van der Waals surface area contributed by atoms with E-state index in [4.69, 9.17) is 10.00 Å². The zero-order valence-corrected chi connectivity index (χ0v) is 8.47. The lowest BCUT2D eigenvalue weighted by Gasteiger charge is -2.18. The summed E-state index contributed by atoms with van der Waals surface area (Å²) in [6.45, 7) is 3.45. The Bertz CT molecular complexity index is 379. The summed E-state index contributed by atoms with van der Waals surface area (Å²) in [6.07, 6.45) is 0. The van der Waals surface area contributed by atoms with Crippen molar-refractivity contribution in [3.8, 4) is 11.8 Å². The number of nitrogens with zero attached hydrogens (tertiary/aromatic N) is 1. The van der Waals surface area contributed by atoms with Gasteiger partial charge >= 0.3 is 0 Å². The van der Waals surface area contributed by atoms with Crippen LogP contribution in [0.3, 0.4) is 0 Å². The molecule has 0 amide bonds. The van der Waals surface area contributed by atoms with Crippen LogP contribution in [0.4, 0.5) is 4.39 Å². The van der Waals surface area contributed by atoms with E-state index in [1.54, 1.807) is 13.8 Å². The zero-order valence-electron chi connectivity index (χ0n) is 8.47. The number of hydrogen-bond donors (Lipinski definition) is 0. The maximum absolute atomic E-state index is 13.0. The third kappa shape index (κ3) is 1.85. The first kappa shape index (κ1) is 10.5. The Morgan fingerprint density at radius 2 is 2.07 bits per heavy atom. The summed E-state index contributed by atoms with van der Waals surface area (Å²) in [5.74, 6) is 0.182. The Balaban J connectivity index is 3.32. The highest BCUT2D eigenvalue weighted by Gasteiger charge is 2.24. The molecule has 1 aromatic carbocycles. The average Bonchev–Trinajstić information content (AvgIpc) is 2.18. The first-order chi connectivity index (χ1) is 6.51. The van der Waals surface area contributed by atoms with Crippen molar-refractivity contribution in [2.24, 2.45) is 0 Å². The van der Waals surface area contributed by atoms with Gasteiger partial charge in [-0.1, -0.05) is 0 Å². The van der Waals surface area contributed by atoms with Crippen LogP contribution in [0.1, 0.15) is 19.4 Å². The van der Waals surface area contributed by atoms with E-state index in [-0.39, 0.29) is 5.82 Å². The van der Waals surface area contributed by atoms with Crippen molar-refractivity contribution in [1.29, 1.82) is 5.26 Å². The third-order valence-corrected chi connectivity index (χ3v) is 2.11. The number of halogens is 1. The molecule has 0 heterocycles. The van der Waals surface area contributed by atoms with Crippen molar-refractivity contribution in [2.45, 2.75) is 19.3 Å². The van der Waals surface area contributed by atoms with Crippen molar-refractivity contribution >= 4 is 0 Å². The zero-order chi connectivity index (χ0) is 10.8. The summed E-state index contributed by atoms with van der Waals surface area (Å²) in [4.78, 5) is 0. The molecule has 0 spiro atoms. The average molecular weight is 193 g/mol. The van der Waals surface area contributed by atoms with Gasteiger partial charge in [-0.2, -0.15) is 5.26 Å². The summed E-state index contributed by atoms with van der Waals surface area (Å²) < 4.78 is 18.1. The molecule has 0 aliphatic rings. The minimum absolute atomic E-state index is 0.357. The van der Waals surface area contributed by atoms with E-state index in [1.165, 1.54) is 25.3 Å². The lowest BCUT2D eigenvalue weighted by Crippen LogP contribution is -2.15. The van der Waals surface area contributed by atoms with Gasteiger partial charge in [0.05, 0.1) is 18.6 Å². The molecule has 0 unspecified atom stereocenters. The Hall–Kier alpha value is -1.56. The molecule has 14 heavy (non-hydrogen) atoms. The first-order valence-electron chi connectivity index (χ1n) is 4.26. The molecule has 0 atom stereocenters. The molecule has 1 rings (SSSR count). The smallest absolute Gasteiger partial charge is 0.123 e. The number of nitriles is 1. The third-order valence-electron chi connectivity index (χ3n) is 2.11. The lowest BCUT2D eigenvalue weighted by molar-refractivity contribution is 0.401. The van der Waals surface area contributed by atoms with Gasteiger partial charge in [-0.25, -0.2) is 4.39 Å². The number of ether oxygens (including phenoxy) is 1. The predicted octanol–water partition coefficient (Wildman–Crippen LogP) is 2.64. The number of benzene rings is 1. The molecule has 0 fully saturated rings. The van der Waals surface area contributed by atoms with Gasteiger partial charge in [0, 0.05) is 5.56 Å². The van der Waals surface area contributed by atoms with Gasteiger partial charge in [-0.3, -0.25) is 0 Å². The maximum Gasteiger partial charge on any atom is 0.123 e. The van der Waals surface area contributed by atoms with Gasteiger partial charge in [-0.05, 0) is 32.0 Å². The Kier molecular flexibility index (Phi) is 2.76. The molecule has 0 saturated carbocycles. The van der Waals surface area contributed by atoms with Crippen LogP contribution in [-0.4, -0.2) is 7.11 Å². The van der Waals surface area contributed by atoms with E-state index in [0.717, 1.165) is 0 Å². The summed E-state index contributed by atoms with van der Waals surface area (Å²) >= 11 is 0. The van der Waals surface area contributed by atoms with E-state index in [0.29, 0.717) is 11.3 Å². The molecule has 0 aliphatic carbocycles. The van der Waals surface area contributed by atoms with Crippen LogP contribution >= 0.6 is 0 Å². The van der Waals surface area contributed by atoms with Crippen molar-refractivity contribution in [3.63, 3.8) is 0 Å². The molecule has 0 aliphatic heterocycles. The van der Waals surface area contributed by atoms with Crippen LogP contribution in [0, 0.1) is 17.1 Å². The number of hydrogen-bond acceptors (Lipinski definition) is 2. The minimum atomic E-state index is -0.743. The molecular weight excluding hydrogens is 181 g/mol. The van der Waals surface area contributed by atoms with Crippen LogP contribution in [-0.2, 0) is 5.41 Å². The molecule has 3 heteroatoms. The summed E-state index contributed by atoms with van der Waals surface area (Å²) in [5, 5.41) is 8.93. The molecule has 0 radical (unpaired) electrons. The van der Waals surface area contributed by atoms with Gasteiger partial charge in [0.2, 0.25) is 0 Å². The fourth-order valence-corrected chi connectivity index (χ4v) is 1.23. The molecule has 0 bridgehead atoms. The molecular formula is C11H12FNO. The van der Waals surface area contributed by atoms with Crippen LogP contribution in [0.15, 0.2) is 18.2 Å². The van der Waals surface area contributed by atoms with Crippen molar-refractivity contribution < 1.29 is 9.13 Å². The Morgan fingerprint density at radius 3 is 2.57 bits per heavy atom. The summed E-state index contributed by atoms with van der Waals surface area (Å²) in [6, 6.07) is 6.30. The second-order valence-electron chi connectivity index (χ2n) is 3.58. The lowest BCUT2D eigenvalue weighted by atomic mass is 9.85. The van der Waals surface area contributed by atoms with Crippen molar-refractivity contribution in [3.05, 3.63) is 29.6 Å². The topological polar surface area (TPSA) is 33.0 Å². The second-order valence-corrected chi connectivity index (χ2v) is 3.58. The normalized spacial score (nSPS) is 10.8. The summed E-state index contributed by atoms with van der Waals surface area (Å²) in [5.41, 5.74) is -0.171. The highest BCUT2D eigenvalue weighted by Crippen LogP contribution is 2.31. The largest absolute Gasteiger partial charge is 0.496 e. The SMILES string of the molecule is COc1ccc(F)cc1C(C)(C)C#N. The summed E-state index contributed by atoms with van der Waals surface area (Å²) in [7, 11) is 1.50. The highest BCUT2D eigenvalue weighted by atomic mass is 19.1. The van der Waals surface area contributed by atoms with Crippen molar-refractivity contribution in [2.75, 3.05) is 7.11 Å². The van der Waals surface area contributed by atoms with Crippen LogP contribution < -0.4 is 4.74 Å². The standard InChI is InChI=1S/C11H12FNO/c1-11(2,7-13)9-6-8(12)4-5-10(9)14-3/h4-6H,1-3H3. The van der Waals surface area contributed by atoms with Gasteiger partial charge in [0.15, 0.2) is 0 Å². The number of rotatable bonds is 2. The Morgan fingerprint density at radius 1 is 1.43 bits per heavy atom. The molecule has 2 nitrogen and oxygen atoms in total. The van der Waals surface area contributed by atoms with E-state index >= 15 is 0 Å². The van der Waals surface area contributed by atoms with Crippen LogP contribution in [0.5, 0.6) is 5.75 Å². The van der Waals surface area contributed by atoms with Crippen molar-refractivity contribution in [1.82, 2.24) is 0 Å². The fraction of sp³-hybridized carbons (Fsp3) is 0.364. The predicted molar refractivity (Wildman–Crippen MR) is 51.6 cm³/mol. The molecule has 0 aromatic heterocycles. The van der Waals surface area contributed by atoms with Gasteiger partial charge < -0.3 is 4.74 Å². The monoisotopic (exact) mass is 193 g/mol. The maximum atomic E-state index is 13.0. The van der Waals surface area contributed by atoms with Crippen LogP contribution in [0.25, 0.3) is 0 Å². The van der Waals surface area contributed by atoms with E-state index in [9.17, 15) is 4.39 Å². The number of methoxy groups -OCH3 is 1. The van der Waals surface area contributed by atoms with E-state index in [2.05, 4.69) is 6.07 Å². The molecule has 0 saturated heterocycles. The van der Waals surface area contributed by atoms with E-state index < -0.39 is 5.41 Å².